The first-order chi connectivity index (χ1) is 9.35. The van der Waals surface area contributed by atoms with Crippen LogP contribution in [0.25, 0.3) is 0 Å². The third-order valence-electron chi connectivity index (χ3n) is 2.49. The number of aromatic nitrogens is 4. The highest BCUT2D eigenvalue weighted by molar-refractivity contribution is 5.34. The molecule has 19 heavy (non-hydrogen) atoms. The average molecular weight is 265 g/mol. The number of hydrogen-bond acceptors (Lipinski definition) is 8. The summed E-state index contributed by atoms with van der Waals surface area (Å²) < 4.78 is 15.0. The van der Waals surface area contributed by atoms with Crippen molar-refractivity contribution in [1.82, 2.24) is 25.4 Å². The Morgan fingerprint density at radius 1 is 1.16 bits per heavy atom. The fourth-order valence-corrected chi connectivity index (χ4v) is 1.60. The predicted molar refractivity (Wildman–Crippen MR) is 64.8 cm³/mol. The van der Waals surface area contributed by atoms with Crippen LogP contribution in [0.4, 0.5) is 0 Å². The Labute approximate surface area is 110 Å². The van der Waals surface area contributed by atoms with Crippen molar-refractivity contribution in [2.24, 2.45) is 0 Å². The highest BCUT2D eigenvalue weighted by atomic mass is 16.5. The molecule has 8 heteroatoms. The lowest BCUT2D eigenvalue weighted by molar-refractivity contribution is 0.359. The topological polar surface area (TPSA) is 95.2 Å². The first-order valence-electron chi connectivity index (χ1n) is 5.73. The zero-order valence-electron chi connectivity index (χ0n) is 10.8. The maximum Gasteiger partial charge on any atom is 0.224 e. The molecule has 0 atom stereocenters. The summed E-state index contributed by atoms with van der Waals surface area (Å²) in [4.78, 5) is 12.0. The zero-order valence-corrected chi connectivity index (χ0v) is 10.8. The van der Waals surface area contributed by atoms with Crippen molar-refractivity contribution in [3.05, 3.63) is 24.1 Å². The minimum Gasteiger partial charge on any atom is -0.481 e. The van der Waals surface area contributed by atoms with E-state index in [9.17, 15) is 0 Å². The fourth-order valence-electron chi connectivity index (χ4n) is 1.60. The van der Waals surface area contributed by atoms with Gasteiger partial charge < -0.3 is 19.3 Å². The Hall–Kier alpha value is -2.22. The Balaban J connectivity index is 1.91. The van der Waals surface area contributed by atoms with Gasteiger partial charge in [0.05, 0.1) is 19.8 Å². The number of nitrogens with one attached hydrogen (secondary N) is 1. The molecule has 0 saturated heterocycles. The maximum atomic E-state index is 5.18. The van der Waals surface area contributed by atoms with Crippen LogP contribution in [0.2, 0.25) is 0 Å². The molecule has 0 amide bonds. The van der Waals surface area contributed by atoms with Crippen LogP contribution >= 0.6 is 0 Å². The Bertz CT molecular complexity index is 481. The van der Waals surface area contributed by atoms with Gasteiger partial charge in [0, 0.05) is 19.5 Å². The van der Waals surface area contributed by atoms with Crippen molar-refractivity contribution >= 4 is 0 Å². The van der Waals surface area contributed by atoms with E-state index in [1.165, 1.54) is 12.7 Å². The van der Waals surface area contributed by atoms with Crippen molar-refractivity contribution in [3.8, 4) is 11.8 Å². The number of rotatable bonds is 7. The molecule has 0 spiro atoms. The molecular formula is C11H15N5O3. The molecule has 0 unspecified atom stereocenters. The summed E-state index contributed by atoms with van der Waals surface area (Å²) in [6, 6.07) is 0. The molecule has 0 aliphatic carbocycles. The zero-order chi connectivity index (χ0) is 13.5. The number of methoxy groups -OCH3 is 2. The first kappa shape index (κ1) is 13.2. The SMILES string of the molecule is COc1ncnc(OC)c1CNCCc1ncon1. The molecule has 0 bridgehead atoms. The van der Waals surface area contributed by atoms with Crippen molar-refractivity contribution in [2.75, 3.05) is 20.8 Å². The molecule has 0 aliphatic heterocycles. The Morgan fingerprint density at radius 2 is 1.89 bits per heavy atom. The summed E-state index contributed by atoms with van der Waals surface area (Å²) in [6.07, 6.45) is 3.39. The van der Waals surface area contributed by atoms with Crippen molar-refractivity contribution in [1.29, 1.82) is 0 Å². The van der Waals surface area contributed by atoms with Gasteiger partial charge in [-0.1, -0.05) is 5.16 Å². The van der Waals surface area contributed by atoms with Crippen LogP contribution in [-0.4, -0.2) is 40.9 Å². The van der Waals surface area contributed by atoms with Crippen LogP contribution in [-0.2, 0) is 13.0 Å². The first-order valence-corrected chi connectivity index (χ1v) is 5.73. The van der Waals surface area contributed by atoms with Gasteiger partial charge in [0.2, 0.25) is 18.2 Å². The average Bonchev–Trinajstić information content (AvgIpc) is 2.96. The molecule has 8 nitrogen and oxygen atoms in total. The molecule has 2 rings (SSSR count). The van der Waals surface area contributed by atoms with Gasteiger partial charge in [0.1, 0.15) is 6.33 Å². The van der Waals surface area contributed by atoms with Gasteiger partial charge in [-0.2, -0.15) is 4.98 Å². The van der Waals surface area contributed by atoms with E-state index in [1.807, 2.05) is 0 Å². The predicted octanol–water partition coefficient (Wildman–Crippen LogP) is 0.209. The summed E-state index contributed by atoms with van der Waals surface area (Å²) in [5.41, 5.74) is 0.778. The van der Waals surface area contributed by atoms with Crippen LogP contribution in [0, 0.1) is 0 Å². The molecule has 2 aromatic heterocycles. The minimum atomic E-state index is 0.499. The lowest BCUT2D eigenvalue weighted by Gasteiger charge is -2.11. The Morgan fingerprint density at radius 3 is 2.47 bits per heavy atom. The van der Waals surface area contributed by atoms with E-state index >= 15 is 0 Å². The van der Waals surface area contributed by atoms with E-state index in [0.717, 1.165) is 5.56 Å². The molecule has 1 N–H and O–H groups in total. The third kappa shape index (κ3) is 3.38. The van der Waals surface area contributed by atoms with Gasteiger partial charge in [-0.25, -0.2) is 9.97 Å². The number of hydrogen-bond donors (Lipinski definition) is 1. The molecule has 0 aromatic carbocycles. The van der Waals surface area contributed by atoms with Crippen molar-refractivity contribution in [2.45, 2.75) is 13.0 Å². The highest BCUT2D eigenvalue weighted by Gasteiger charge is 2.12. The minimum absolute atomic E-state index is 0.499. The maximum absolute atomic E-state index is 5.18. The van der Waals surface area contributed by atoms with Crippen molar-refractivity contribution < 1.29 is 14.0 Å². The molecule has 102 valence electrons. The standard InChI is InChI=1S/C11H15N5O3/c1-17-10-8(11(18-2)14-6-13-10)5-12-4-3-9-15-7-19-16-9/h6-7,12H,3-5H2,1-2H3. The van der Waals surface area contributed by atoms with Gasteiger partial charge >= 0.3 is 0 Å². The smallest absolute Gasteiger partial charge is 0.224 e. The number of nitrogens with zero attached hydrogens (tertiary/aromatic N) is 4. The molecule has 0 saturated carbocycles. The van der Waals surface area contributed by atoms with E-state index in [2.05, 4.69) is 29.9 Å². The fraction of sp³-hybridized carbons (Fsp3) is 0.455. The van der Waals surface area contributed by atoms with Gasteiger partial charge in [-0.3, -0.25) is 0 Å². The van der Waals surface area contributed by atoms with Crippen LogP contribution in [0.3, 0.4) is 0 Å². The van der Waals surface area contributed by atoms with Crippen LogP contribution < -0.4 is 14.8 Å². The molecular weight excluding hydrogens is 250 g/mol. The van der Waals surface area contributed by atoms with Crippen LogP contribution in [0.1, 0.15) is 11.4 Å². The summed E-state index contributed by atoms with van der Waals surface area (Å²) in [6.45, 7) is 1.23. The third-order valence-corrected chi connectivity index (χ3v) is 2.49. The van der Waals surface area contributed by atoms with Gasteiger partial charge in [0.25, 0.3) is 0 Å². The van der Waals surface area contributed by atoms with Crippen LogP contribution in [0.5, 0.6) is 11.8 Å². The number of ether oxygens (including phenoxy) is 2. The summed E-state index contributed by atoms with van der Waals surface area (Å²) in [5.74, 6) is 1.66. The Kier molecular flexibility index (Phi) is 4.62. The normalized spacial score (nSPS) is 10.4. The molecule has 0 radical (unpaired) electrons. The second-order valence-electron chi connectivity index (χ2n) is 3.64. The largest absolute Gasteiger partial charge is 0.481 e. The molecule has 2 aromatic rings. The molecule has 2 heterocycles. The highest BCUT2D eigenvalue weighted by Crippen LogP contribution is 2.22. The van der Waals surface area contributed by atoms with Gasteiger partial charge in [-0.05, 0) is 0 Å². The van der Waals surface area contributed by atoms with Gasteiger partial charge in [-0.15, -0.1) is 0 Å². The summed E-state index contributed by atoms with van der Waals surface area (Å²) in [5, 5.41) is 6.96. The lowest BCUT2D eigenvalue weighted by Crippen LogP contribution is -2.18. The monoisotopic (exact) mass is 265 g/mol. The molecule has 0 fully saturated rings. The van der Waals surface area contributed by atoms with Crippen molar-refractivity contribution in [3.63, 3.8) is 0 Å². The van der Waals surface area contributed by atoms with E-state index in [1.54, 1.807) is 14.2 Å². The quantitative estimate of drug-likeness (QED) is 0.710. The van der Waals surface area contributed by atoms with E-state index < -0.39 is 0 Å². The van der Waals surface area contributed by atoms with Gasteiger partial charge in [0.15, 0.2) is 5.82 Å². The van der Waals surface area contributed by atoms with E-state index in [0.29, 0.717) is 37.1 Å². The lowest BCUT2D eigenvalue weighted by atomic mass is 10.3. The van der Waals surface area contributed by atoms with E-state index in [-0.39, 0.29) is 0 Å². The second kappa shape index (κ2) is 6.64. The summed E-state index contributed by atoms with van der Waals surface area (Å²) in [7, 11) is 3.12. The van der Waals surface area contributed by atoms with E-state index in [4.69, 9.17) is 9.47 Å². The second-order valence-corrected chi connectivity index (χ2v) is 3.64. The summed E-state index contributed by atoms with van der Waals surface area (Å²) >= 11 is 0. The molecule has 0 aliphatic rings. The van der Waals surface area contributed by atoms with Crippen LogP contribution in [0.15, 0.2) is 17.2 Å².